The first-order valence-corrected chi connectivity index (χ1v) is 6.36. The molecule has 5 heteroatoms. The maximum Gasteiger partial charge on any atom is 0.407 e. The summed E-state index contributed by atoms with van der Waals surface area (Å²) < 4.78 is 19.7. The van der Waals surface area contributed by atoms with E-state index >= 15 is 0 Å². The molecule has 1 N–H and O–H groups in total. The molecule has 1 heterocycles. The Kier molecular flexibility index (Phi) is 3.29. The molecule has 0 radical (unpaired) electrons. The molecule has 1 fully saturated rings. The zero-order valence-corrected chi connectivity index (χ0v) is 11.7. The number of alkyl carbamates (subject to hydrolysis) is 1. The maximum absolute atomic E-state index is 13.8. The minimum Gasteiger partial charge on any atom is -0.449 e. The van der Waals surface area contributed by atoms with Gasteiger partial charge in [-0.05, 0) is 40.8 Å². The third-order valence-electron chi connectivity index (χ3n) is 2.89. The fourth-order valence-electron chi connectivity index (χ4n) is 1.92. The van der Waals surface area contributed by atoms with E-state index in [0.29, 0.717) is 5.56 Å². The largest absolute Gasteiger partial charge is 0.449 e. The first-order chi connectivity index (χ1) is 7.90. The van der Waals surface area contributed by atoms with E-state index in [1.807, 2.05) is 13.8 Å². The highest BCUT2D eigenvalue weighted by atomic mass is 127. The normalized spacial score (nSPS) is 22.8. The van der Waals surface area contributed by atoms with Crippen LogP contribution < -0.4 is 5.32 Å². The first kappa shape index (κ1) is 12.6. The van der Waals surface area contributed by atoms with Gasteiger partial charge in [0, 0.05) is 14.5 Å². The smallest absolute Gasteiger partial charge is 0.407 e. The Hall–Kier alpha value is -0.850. The summed E-state index contributed by atoms with van der Waals surface area (Å²) >= 11 is 2.12. The van der Waals surface area contributed by atoms with Gasteiger partial charge in [-0.15, -0.1) is 0 Å². The molecule has 0 aromatic heterocycles. The van der Waals surface area contributed by atoms with Crippen molar-refractivity contribution in [1.82, 2.24) is 5.32 Å². The van der Waals surface area contributed by atoms with Crippen molar-refractivity contribution in [2.75, 3.05) is 6.61 Å². The van der Waals surface area contributed by atoms with Gasteiger partial charge >= 0.3 is 6.09 Å². The molecule has 1 aromatic rings. The predicted molar refractivity (Wildman–Crippen MR) is 70.1 cm³/mol. The Labute approximate surface area is 113 Å². The average Bonchev–Trinajstić information content (AvgIpc) is 2.26. The molecule has 1 aliphatic rings. The van der Waals surface area contributed by atoms with E-state index in [-0.39, 0.29) is 23.9 Å². The highest BCUT2D eigenvalue weighted by molar-refractivity contribution is 14.1. The van der Waals surface area contributed by atoms with Crippen molar-refractivity contribution < 1.29 is 13.9 Å². The number of carbonyl (C=O) groups excluding carboxylic acids is 1. The summed E-state index contributed by atoms with van der Waals surface area (Å²) in [5.41, 5.74) is 0.178. The molecule has 92 valence electrons. The van der Waals surface area contributed by atoms with Gasteiger partial charge in [0.25, 0.3) is 0 Å². The van der Waals surface area contributed by atoms with Gasteiger partial charge in [-0.1, -0.05) is 13.8 Å². The van der Waals surface area contributed by atoms with E-state index in [1.54, 1.807) is 12.1 Å². The number of cyclic esters (lactones) is 1. The molecule has 1 aliphatic heterocycles. The van der Waals surface area contributed by atoms with Crippen LogP contribution in [0.4, 0.5) is 9.18 Å². The Morgan fingerprint density at radius 1 is 1.53 bits per heavy atom. The second-order valence-electron chi connectivity index (χ2n) is 4.81. The lowest BCUT2D eigenvalue weighted by atomic mass is 9.80. The van der Waals surface area contributed by atoms with Crippen molar-refractivity contribution in [3.05, 3.63) is 33.1 Å². The van der Waals surface area contributed by atoms with Gasteiger partial charge in [0.15, 0.2) is 0 Å². The third-order valence-corrected chi connectivity index (χ3v) is 3.56. The van der Waals surface area contributed by atoms with Gasteiger partial charge in [0.05, 0.1) is 6.04 Å². The lowest BCUT2D eigenvalue weighted by molar-refractivity contribution is 0.0377. The van der Waals surface area contributed by atoms with Crippen molar-refractivity contribution in [1.29, 1.82) is 0 Å². The highest BCUT2D eigenvalue weighted by Crippen LogP contribution is 2.37. The number of carbonyl (C=O) groups is 1. The summed E-state index contributed by atoms with van der Waals surface area (Å²) in [6, 6.07) is 4.52. The van der Waals surface area contributed by atoms with E-state index in [9.17, 15) is 9.18 Å². The lowest BCUT2D eigenvalue weighted by Crippen LogP contribution is -2.47. The summed E-state index contributed by atoms with van der Waals surface area (Å²) in [4.78, 5) is 11.3. The van der Waals surface area contributed by atoms with Crippen LogP contribution in [0.2, 0.25) is 0 Å². The van der Waals surface area contributed by atoms with Crippen molar-refractivity contribution in [3.63, 3.8) is 0 Å². The Bertz CT molecular complexity index is 462. The number of nitrogens with one attached hydrogen (secondary N) is 1. The highest BCUT2D eigenvalue weighted by Gasteiger charge is 2.39. The number of rotatable bonds is 1. The van der Waals surface area contributed by atoms with E-state index in [1.165, 1.54) is 6.07 Å². The van der Waals surface area contributed by atoms with Crippen LogP contribution in [-0.2, 0) is 4.74 Å². The molecule has 17 heavy (non-hydrogen) atoms. The lowest BCUT2D eigenvalue weighted by Gasteiger charge is -2.38. The Balaban J connectivity index is 2.42. The van der Waals surface area contributed by atoms with Crippen molar-refractivity contribution >= 4 is 28.7 Å². The van der Waals surface area contributed by atoms with Gasteiger partial charge < -0.3 is 10.1 Å². The van der Waals surface area contributed by atoms with Crippen LogP contribution in [0.25, 0.3) is 0 Å². The van der Waals surface area contributed by atoms with Crippen LogP contribution in [0.3, 0.4) is 0 Å². The molecule has 3 nitrogen and oxygen atoms in total. The number of ether oxygens (including phenoxy) is 1. The summed E-state index contributed by atoms with van der Waals surface area (Å²) in [6.45, 7) is 4.17. The number of hydrogen-bond acceptors (Lipinski definition) is 2. The van der Waals surface area contributed by atoms with Crippen LogP contribution in [0, 0.1) is 14.8 Å². The van der Waals surface area contributed by atoms with Crippen LogP contribution in [0.1, 0.15) is 25.5 Å². The van der Waals surface area contributed by atoms with Crippen LogP contribution in [0.5, 0.6) is 0 Å². The van der Waals surface area contributed by atoms with Gasteiger partial charge in [-0.25, -0.2) is 9.18 Å². The van der Waals surface area contributed by atoms with Crippen molar-refractivity contribution in [2.45, 2.75) is 19.9 Å². The Morgan fingerprint density at radius 2 is 2.24 bits per heavy atom. The molecule has 2 rings (SSSR count). The molecule has 1 saturated heterocycles. The number of benzene rings is 1. The topological polar surface area (TPSA) is 38.3 Å². The van der Waals surface area contributed by atoms with Crippen molar-refractivity contribution in [2.24, 2.45) is 5.41 Å². The standard InChI is InChI=1S/C12H13FINO2/c1-12(2)6-17-11(16)15-10(12)8-5-7(14)3-4-9(8)13/h3-5,10H,6H2,1-2H3,(H,15,16)/t10-/m1/s1. The van der Waals surface area contributed by atoms with Crippen LogP contribution in [0.15, 0.2) is 18.2 Å². The van der Waals surface area contributed by atoms with E-state index in [4.69, 9.17) is 4.74 Å². The summed E-state index contributed by atoms with van der Waals surface area (Å²) in [5, 5.41) is 2.69. The molecule has 1 amide bonds. The fraction of sp³-hybridized carbons (Fsp3) is 0.417. The van der Waals surface area contributed by atoms with Crippen molar-refractivity contribution in [3.8, 4) is 0 Å². The minimum atomic E-state index is -0.493. The second-order valence-corrected chi connectivity index (χ2v) is 6.05. The second kappa shape index (κ2) is 4.44. The van der Waals surface area contributed by atoms with Gasteiger partial charge in [-0.2, -0.15) is 0 Å². The van der Waals surface area contributed by atoms with Gasteiger partial charge in [0.1, 0.15) is 12.4 Å². The molecule has 0 bridgehead atoms. The van der Waals surface area contributed by atoms with E-state index < -0.39 is 6.09 Å². The van der Waals surface area contributed by atoms with Gasteiger partial charge in [0.2, 0.25) is 0 Å². The molecule has 0 spiro atoms. The average molecular weight is 349 g/mol. The molecular weight excluding hydrogens is 336 g/mol. The first-order valence-electron chi connectivity index (χ1n) is 5.28. The number of amides is 1. The van der Waals surface area contributed by atoms with Gasteiger partial charge in [-0.3, -0.25) is 0 Å². The fourth-order valence-corrected chi connectivity index (χ4v) is 2.44. The zero-order valence-electron chi connectivity index (χ0n) is 9.59. The van der Waals surface area contributed by atoms with E-state index in [2.05, 4.69) is 27.9 Å². The SMILES string of the molecule is CC1(C)COC(=O)N[C@@H]1c1cc(I)ccc1F. The minimum absolute atomic E-state index is 0.286. The summed E-state index contributed by atoms with van der Waals surface area (Å²) in [5.74, 6) is -0.300. The van der Waals surface area contributed by atoms with E-state index in [0.717, 1.165) is 3.57 Å². The molecule has 1 aromatic carbocycles. The van der Waals surface area contributed by atoms with Crippen LogP contribution in [-0.4, -0.2) is 12.7 Å². The quantitative estimate of drug-likeness (QED) is 0.791. The summed E-state index contributed by atoms with van der Waals surface area (Å²) in [6.07, 6.45) is -0.493. The Morgan fingerprint density at radius 3 is 2.94 bits per heavy atom. The monoisotopic (exact) mass is 349 g/mol. The molecular formula is C12H13FINO2. The molecule has 0 saturated carbocycles. The molecule has 1 atom stereocenters. The zero-order chi connectivity index (χ0) is 12.6. The molecule has 0 unspecified atom stereocenters. The predicted octanol–water partition coefficient (Wildman–Crippen LogP) is 3.24. The number of hydrogen-bond donors (Lipinski definition) is 1. The number of halogens is 2. The maximum atomic E-state index is 13.8. The van der Waals surface area contributed by atoms with Crippen LogP contribution >= 0.6 is 22.6 Å². The molecule has 0 aliphatic carbocycles. The summed E-state index contributed by atoms with van der Waals surface area (Å²) in [7, 11) is 0. The third kappa shape index (κ3) is 2.53.